The van der Waals surface area contributed by atoms with Gasteiger partial charge in [0.1, 0.15) is 36.2 Å². The zero-order valence-corrected chi connectivity index (χ0v) is 48.3. The molecule has 1 aliphatic rings. The molecule has 3 aromatic heterocycles. The largest absolute Gasteiger partial charge is 0.493 e. The molecule has 1 unspecified atom stereocenters. The van der Waals surface area contributed by atoms with Crippen LogP contribution in [0.5, 0.6) is 5.75 Å². The number of hydrogen-bond acceptors (Lipinski definition) is 14. The third kappa shape index (κ3) is 17.2. The fourth-order valence-electron chi connectivity index (χ4n) is 8.92. The van der Waals surface area contributed by atoms with Crippen LogP contribution in [0.25, 0.3) is 43.8 Å². The van der Waals surface area contributed by atoms with Gasteiger partial charge in [-0.2, -0.15) is 5.10 Å². The summed E-state index contributed by atoms with van der Waals surface area (Å²) in [6, 6.07) is 17.5. The summed E-state index contributed by atoms with van der Waals surface area (Å²) >= 11 is 6.99. The molecule has 1 atom stereocenters. The Morgan fingerprint density at radius 1 is 0.859 bits per heavy atom. The van der Waals surface area contributed by atoms with E-state index in [2.05, 4.69) is 55.1 Å². The number of piperazine rings is 1. The fraction of sp³-hybridized carbons (Fsp3) is 0.441. The first-order valence-electron chi connectivity index (χ1n) is 26.1. The maximum atomic E-state index is 13.8. The van der Waals surface area contributed by atoms with Crippen LogP contribution in [0.1, 0.15) is 83.7 Å². The molecule has 4 N–H and O–H groups in total. The van der Waals surface area contributed by atoms with Crippen molar-refractivity contribution >= 4 is 81.4 Å². The van der Waals surface area contributed by atoms with Crippen LogP contribution in [0.15, 0.2) is 60.7 Å². The van der Waals surface area contributed by atoms with E-state index in [4.69, 9.17) is 26.8 Å². The number of likely N-dealkylation sites (N-methyl/N-ethyl adjacent to an activating group) is 2. The molecule has 4 aromatic carbocycles. The van der Waals surface area contributed by atoms with Gasteiger partial charge in [0.25, 0.3) is 0 Å². The van der Waals surface area contributed by atoms with Gasteiger partial charge in [-0.3, -0.25) is 19.2 Å². The molecular weight excluding hydrogens is 1020 g/mol. The third-order valence-electron chi connectivity index (χ3n) is 13.3. The number of nitrogens with one attached hydrogen (secondary N) is 2. The van der Waals surface area contributed by atoms with Crippen molar-refractivity contribution in [3.8, 4) is 16.9 Å². The van der Waals surface area contributed by atoms with E-state index in [9.17, 15) is 28.4 Å². The molecule has 0 bridgehead atoms. The number of benzene rings is 4. The molecule has 0 radical (unpaired) electrons. The van der Waals surface area contributed by atoms with Crippen molar-refractivity contribution in [2.75, 3.05) is 80.4 Å². The highest BCUT2D eigenvalue weighted by Gasteiger charge is 2.26. The van der Waals surface area contributed by atoms with Gasteiger partial charge in [0.2, 0.25) is 0 Å². The van der Waals surface area contributed by atoms with Gasteiger partial charge >= 0.3 is 0 Å². The van der Waals surface area contributed by atoms with Crippen LogP contribution in [-0.4, -0.2) is 151 Å². The lowest BCUT2D eigenvalue weighted by Gasteiger charge is -2.32. The number of hydrogen-bond donors (Lipinski definition) is 3. The van der Waals surface area contributed by atoms with E-state index in [1.165, 1.54) is 12.1 Å². The standard InChI is InChI=1S/C35H39ClFN5O2.C11H11N3O2.C6H11NO2.C5H12O.C2H7N/c1-23-33(24(2)40(4)38-23)34-30(36)13-12-29-28(8-6-20-44-32-9-5-7-25-21-26(37)10-11-27(25)32)31(22-43)42(35(29)34)19-18-41-16-14-39(3)15-17-41;1-7-13-11-8(6-16)4-9(12)5-10(11)14(7)2-3-15;1-7-6(5-9)3-2-4-8;1-5(2,3)6-4;1-3-2/h5,7,9-13,21-22H,6,8,14-20H2,1-4H3;3-6H,2,12H2,1H3;4-7H,2-3H2,1H3;1-4H3;3H,1-2H3. The quantitative estimate of drug-likeness (QED) is 0.0419. The summed E-state index contributed by atoms with van der Waals surface area (Å²) in [4.78, 5) is 63.2. The Labute approximate surface area is 463 Å². The van der Waals surface area contributed by atoms with E-state index in [-0.39, 0.29) is 24.0 Å². The number of ether oxygens (including phenoxy) is 2. The second-order valence-electron chi connectivity index (χ2n) is 20.0. The number of nitrogen functional groups attached to an aromatic ring is 1. The van der Waals surface area contributed by atoms with E-state index in [1.807, 2.05) is 77.8 Å². The second kappa shape index (κ2) is 31.1. The highest BCUT2D eigenvalue weighted by Crippen LogP contribution is 2.42. The van der Waals surface area contributed by atoms with Gasteiger partial charge in [-0.1, -0.05) is 29.8 Å². The van der Waals surface area contributed by atoms with Crippen LogP contribution < -0.4 is 21.1 Å². The number of imidazole rings is 1. The molecule has 1 aliphatic heterocycles. The summed E-state index contributed by atoms with van der Waals surface area (Å²) in [5.41, 5.74) is 14.5. The normalized spacial score (nSPS) is 13.0. The van der Waals surface area contributed by atoms with Gasteiger partial charge in [-0.25, -0.2) is 9.37 Å². The molecule has 422 valence electrons. The Morgan fingerprint density at radius 3 is 2.12 bits per heavy atom. The predicted molar refractivity (Wildman–Crippen MR) is 312 cm³/mol. The predicted octanol–water partition coefficient (Wildman–Crippen LogP) is 8.63. The molecule has 17 nitrogen and oxygen atoms in total. The molecule has 1 fully saturated rings. The zero-order chi connectivity index (χ0) is 57.7. The SMILES string of the molecule is CNC.CNC(C=O)CCC=O.COC(C)(C)C.Cc1nc2c(C=O)cc(N)cc2n1CC=O.Cc1nn(C)c(C)c1-c1c(Cl)ccc2c(CCCOc3cccc4cc(F)ccc34)c(C=O)n(CCN3CCN(C)CC3)c12. The van der Waals surface area contributed by atoms with E-state index in [0.29, 0.717) is 77.7 Å². The smallest absolute Gasteiger partial charge is 0.166 e. The summed E-state index contributed by atoms with van der Waals surface area (Å²) in [5, 5.41) is 13.6. The van der Waals surface area contributed by atoms with Crippen molar-refractivity contribution in [1.29, 1.82) is 0 Å². The highest BCUT2D eigenvalue weighted by atomic mass is 35.5. The van der Waals surface area contributed by atoms with E-state index >= 15 is 0 Å². The Hall–Kier alpha value is -6.67. The summed E-state index contributed by atoms with van der Waals surface area (Å²) in [6.45, 7) is 18.2. The lowest BCUT2D eigenvalue weighted by Crippen LogP contribution is -2.45. The van der Waals surface area contributed by atoms with Crippen LogP contribution in [0.2, 0.25) is 5.02 Å². The number of nitrogens with two attached hydrogens (primary N) is 1. The second-order valence-corrected chi connectivity index (χ2v) is 20.4. The third-order valence-corrected chi connectivity index (χ3v) is 13.6. The minimum absolute atomic E-state index is 0.0417. The first-order chi connectivity index (χ1) is 37.3. The topological polar surface area (TPSA) is 201 Å². The number of aryl methyl sites for hydroxylation is 4. The van der Waals surface area contributed by atoms with Gasteiger partial charge in [0.15, 0.2) is 12.6 Å². The lowest BCUT2D eigenvalue weighted by molar-refractivity contribution is -0.110. The van der Waals surface area contributed by atoms with Gasteiger partial charge in [-0.05, 0) is 142 Å². The molecule has 8 rings (SSSR count). The zero-order valence-electron chi connectivity index (χ0n) is 47.5. The molecule has 7 aromatic rings. The first kappa shape index (κ1) is 63.9. The van der Waals surface area contributed by atoms with Gasteiger partial charge in [0.05, 0.1) is 57.8 Å². The van der Waals surface area contributed by atoms with Crippen molar-refractivity contribution < 1.29 is 37.8 Å². The molecule has 78 heavy (non-hydrogen) atoms. The number of carbonyl (C=O) groups is 5. The number of anilines is 1. The van der Waals surface area contributed by atoms with Gasteiger partial charge < -0.3 is 54.3 Å². The number of methoxy groups -OCH3 is 1. The van der Waals surface area contributed by atoms with Crippen molar-refractivity contribution in [1.82, 2.24) is 44.3 Å². The molecule has 1 saturated heterocycles. The Balaban J connectivity index is 0.000000312. The van der Waals surface area contributed by atoms with Crippen molar-refractivity contribution in [2.24, 2.45) is 7.05 Å². The molecule has 0 saturated carbocycles. The minimum atomic E-state index is -0.267. The Morgan fingerprint density at radius 2 is 1.54 bits per heavy atom. The maximum Gasteiger partial charge on any atom is 0.166 e. The molecule has 4 heterocycles. The first-order valence-corrected chi connectivity index (χ1v) is 26.5. The number of aldehydes is 5. The van der Waals surface area contributed by atoms with E-state index in [1.54, 1.807) is 43.8 Å². The monoisotopic (exact) mass is 1090 g/mol. The van der Waals surface area contributed by atoms with Crippen molar-refractivity contribution in [3.63, 3.8) is 0 Å². The molecule has 0 amide bonds. The van der Waals surface area contributed by atoms with Crippen LogP contribution >= 0.6 is 11.6 Å². The van der Waals surface area contributed by atoms with Crippen LogP contribution in [0.4, 0.5) is 10.1 Å². The number of fused-ring (bicyclic) bond motifs is 3. The van der Waals surface area contributed by atoms with Crippen molar-refractivity contribution in [2.45, 2.75) is 92.0 Å². The summed E-state index contributed by atoms with van der Waals surface area (Å²) < 4.78 is 30.7. The average molecular weight is 1100 g/mol. The average Bonchev–Trinajstić information content (AvgIpc) is 3.99. The molecular formula is C59H80ClFN10O7. The minimum Gasteiger partial charge on any atom is -0.493 e. The number of aromatic nitrogens is 5. The van der Waals surface area contributed by atoms with Crippen LogP contribution in [-0.2, 0) is 45.7 Å². The number of rotatable bonds is 18. The number of carbonyl (C=O) groups excluding carboxylic acids is 5. The maximum absolute atomic E-state index is 13.8. The summed E-state index contributed by atoms with van der Waals surface area (Å²) in [5.74, 6) is 1.15. The van der Waals surface area contributed by atoms with Crippen molar-refractivity contribution in [3.05, 3.63) is 106 Å². The summed E-state index contributed by atoms with van der Waals surface area (Å²) in [6.07, 6.45) is 6.55. The summed E-state index contributed by atoms with van der Waals surface area (Å²) in [7, 11) is 11.3. The Bertz CT molecular complexity index is 3100. The fourth-order valence-corrected chi connectivity index (χ4v) is 9.17. The number of halogens is 2. The molecule has 0 aliphatic carbocycles. The lowest BCUT2D eigenvalue weighted by atomic mass is 9.98. The Kier molecular flexibility index (Phi) is 25.4. The van der Waals surface area contributed by atoms with Crippen LogP contribution in [0, 0.1) is 26.6 Å². The van der Waals surface area contributed by atoms with Gasteiger partial charge in [-0.15, -0.1) is 0 Å². The van der Waals surface area contributed by atoms with E-state index in [0.717, 1.165) is 120 Å². The molecule has 0 spiro atoms. The number of nitrogens with zero attached hydrogens (tertiary/aromatic N) is 7. The van der Waals surface area contributed by atoms with E-state index < -0.39 is 0 Å². The van der Waals surface area contributed by atoms with Crippen LogP contribution in [0.3, 0.4) is 0 Å². The highest BCUT2D eigenvalue weighted by molar-refractivity contribution is 6.35. The molecule has 19 heteroatoms. The van der Waals surface area contributed by atoms with Gasteiger partial charge in [0, 0.05) is 98.7 Å².